The summed E-state index contributed by atoms with van der Waals surface area (Å²) in [6, 6.07) is 7.80. The van der Waals surface area contributed by atoms with Gasteiger partial charge in [-0.15, -0.1) is 0 Å². The molecule has 0 saturated carbocycles. The number of aromatic amines is 1. The normalized spacial score (nSPS) is 9.92. The summed E-state index contributed by atoms with van der Waals surface area (Å²) in [7, 11) is 1.61. The van der Waals surface area contributed by atoms with Gasteiger partial charge in [-0.2, -0.15) is 0 Å². The Labute approximate surface area is 76.4 Å². The van der Waals surface area contributed by atoms with Crippen LogP contribution in [0.15, 0.2) is 36.7 Å². The first kappa shape index (κ1) is 7.86. The van der Waals surface area contributed by atoms with Crippen molar-refractivity contribution in [1.29, 1.82) is 0 Å². The van der Waals surface area contributed by atoms with Crippen molar-refractivity contribution < 1.29 is 4.74 Å². The molecule has 1 N–H and O–H groups in total. The van der Waals surface area contributed by atoms with Gasteiger partial charge in [0.1, 0.15) is 0 Å². The van der Waals surface area contributed by atoms with Crippen molar-refractivity contribution in [2.45, 2.75) is 0 Å². The Morgan fingerprint density at radius 3 is 3.00 bits per heavy atom. The van der Waals surface area contributed by atoms with E-state index in [2.05, 4.69) is 9.97 Å². The first-order valence-corrected chi connectivity index (χ1v) is 4.04. The van der Waals surface area contributed by atoms with E-state index in [1.54, 1.807) is 13.3 Å². The molecule has 0 atom stereocenters. The van der Waals surface area contributed by atoms with Crippen LogP contribution in [0, 0.1) is 0 Å². The Morgan fingerprint density at radius 1 is 1.38 bits per heavy atom. The molecule has 0 aromatic carbocycles. The van der Waals surface area contributed by atoms with E-state index in [-0.39, 0.29) is 0 Å². The third-order valence-electron chi connectivity index (χ3n) is 1.85. The number of nitrogens with zero attached hydrogens (tertiary/aromatic N) is 1. The summed E-state index contributed by atoms with van der Waals surface area (Å²) in [6.07, 6.45) is 3.62. The number of methoxy groups -OCH3 is 1. The van der Waals surface area contributed by atoms with E-state index in [1.165, 1.54) is 0 Å². The molecule has 0 amide bonds. The van der Waals surface area contributed by atoms with Crippen LogP contribution >= 0.6 is 0 Å². The number of pyridine rings is 1. The molecule has 0 bridgehead atoms. The summed E-state index contributed by atoms with van der Waals surface area (Å²) in [6.45, 7) is 0. The van der Waals surface area contributed by atoms with E-state index < -0.39 is 0 Å². The Bertz CT molecular complexity index is 382. The molecule has 0 aliphatic rings. The SMILES string of the molecule is COc1cc(-c2ccc[nH]2)ccn1. The van der Waals surface area contributed by atoms with Gasteiger partial charge in [-0.1, -0.05) is 0 Å². The molecule has 66 valence electrons. The predicted molar refractivity (Wildman–Crippen MR) is 50.6 cm³/mol. The molecule has 2 rings (SSSR count). The van der Waals surface area contributed by atoms with Gasteiger partial charge < -0.3 is 9.72 Å². The molecule has 0 radical (unpaired) electrons. The number of nitrogens with one attached hydrogen (secondary N) is 1. The lowest BCUT2D eigenvalue weighted by Crippen LogP contribution is -1.87. The predicted octanol–water partition coefficient (Wildman–Crippen LogP) is 2.09. The molecule has 0 aliphatic heterocycles. The highest BCUT2D eigenvalue weighted by atomic mass is 16.5. The molecule has 0 spiro atoms. The second kappa shape index (κ2) is 3.31. The van der Waals surface area contributed by atoms with Gasteiger partial charge in [0.25, 0.3) is 0 Å². The molecule has 13 heavy (non-hydrogen) atoms. The summed E-state index contributed by atoms with van der Waals surface area (Å²) in [5, 5.41) is 0. The van der Waals surface area contributed by atoms with Crippen LogP contribution in [0.2, 0.25) is 0 Å². The number of aromatic nitrogens is 2. The van der Waals surface area contributed by atoms with Crippen molar-refractivity contribution in [2.24, 2.45) is 0 Å². The largest absolute Gasteiger partial charge is 0.481 e. The van der Waals surface area contributed by atoms with Gasteiger partial charge >= 0.3 is 0 Å². The van der Waals surface area contributed by atoms with Crippen LogP contribution in [0.3, 0.4) is 0 Å². The minimum atomic E-state index is 0.632. The lowest BCUT2D eigenvalue weighted by Gasteiger charge is -2.00. The average Bonchev–Trinajstić information content (AvgIpc) is 2.71. The zero-order chi connectivity index (χ0) is 9.10. The van der Waals surface area contributed by atoms with Crippen LogP contribution in [0.1, 0.15) is 0 Å². The standard InChI is InChI=1S/C10H10N2O/c1-13-10-7-8(4-6-12-10)9-3-2-5-11-9/h2-7,11H,1H3. The summed E-state index contributed by atoms with van der Waals surface area (Å²) in [5.41, 5.74) is 2.15. The van der Waals surface area contributed by atoms with Crippen molar-refractivity contribution in [2.75, 3.05) is 7.11 Å². The van der Waals surface area contributed by atoms with Crippen molar-refractivity contribution in [1.82, 2.24) is 9.97 Å². The van der Waals surface area contributed by atoms with Gasteiger partial charge in [0, 0.05) is 29.7 Å². The third-order valence-corrected chi connectivity index (χ3v) is 1.85. The Balaban J connectivity index is 2.41. The highest BCUT2D eigenvalue weighted by Crippen LogP contribution is 2.19. The van der Waals surface area contributed by atoms with Gasteiger partial charge in [0.15, 0.2) is 0 Å². The number of ether oxygens (including phenoxy) is 1. The minimum absolute atomic E-state index is 0.632. The first-order valence-electron chi connectivity index (χ1n) is 4.04. The van der Waals surface area contributed by atoms with Crippen LogP contribution in [-0.2, 0) is 0 Å². The number of H-pyrrole nitrogens is 1. The molecular weight excluding hydrogens is 164 g/mol. The monoisotopic (exact) mass is 174 g/mol. The number of hydrogen-bond donors (Lipinski definition) is 1. The molecule has 2 aromatic heterocycles. The first-order chi connectivity index (χ1) is 6.40. The molecule has 3 heteroatoms. The fourth-order valence-electron chi connectivity index (χ4n) is 1.20. The van der Waals surface area contributed by atoms with Crippen LogP contribution < -0.4 is 4.74 Å². The Kier molecular flexibility index (Phi) is 2.00. The molecule has 0 fully saturated rings. The minimum Gasteiger partial charge on any atom is -0.481 e. The zero-order valence-corrected chi connectivity index (χ0v) is 7.32. The van der Waals surface area contributed by atoms with Gasteiger partial charge in [-0.05, 0) is 18.2 Å². The fourth-order valence-corrected chi connectivity index (χ4v) is 1.20. The molecule has 0 aliphatic carbocycles. The van der Waals surface area contributed by atoms with E-state index in [1.807, 2.05) is 30.5 Å². The maximum Gasteiger partial charge on any atom is 0.213 e. The maximum absolute atomic E-state index is 5.03. The van der Waals surface area contributed by atoms with E-state index in [0.29, 0.717) is 5.88 Å². The van der Waals surface area contributed by atoms with Crippen LogP contribution in [0.4, 0.5) is 0 Å². The van der Waals surface area contributed by atoms with Gasteiger partial charge in [0.05, 0.1) is 7.11 Å². The van der Waals surface area contributed by atoms with Crippen LogP contribution in [0.25, 0.3) is 11.3 Å². The summed E-state index contributed by atoms with van der Waals surface area (Å²) in [4.78, 5) is 7.15. The van der Waals surface area contributed by atoms with E-state index in [4.69, 9.17) is 4.74 Å². The highest BCUT2D eigenvalue weighted by molar-refractivity contribution is 5.59. The smallest absolute Gasteiger partial charge is 0.213 e. The number of rotatable bonds is 2. The molecule has 0 unspecified atom stereocenters. The molecule has 2 heterocycles. The Hall–Kier alpha value is -1.77. The van der Waals surface area contributed by atoms with E-state index in [9.17, 15) is 0 Å². The molecule has 0 saturated heterocycles. The second-order valence-corrected chi connectivity index (χ2v) is 2.67. The quantitative estimate of drug-likeness (QED) is 0.756. The topological polar surface area (TPSA) is 37.9 Å². The molecule has 2 aromatic rings. The van der Waals surface area contributed by atoms with E-state index >= 15 is 0 Å². The Morgan fingerprint density at radius 2 is 2.31 bits per heavy atom. The second-order valence-electron chi connectivity index (χ2n) is 2.67. The number of hydrogen-bond acceptors (Lipinski definition) is 2. The summed E-state index contributed by atoms with van der Waals surface area (Å²) in [5.74, 6) is 0.632. The van der Waals surface area contributed by atoms with Crippen LogP contribution in [-0.4, -0.2) is 17.1 Å². The zero-order valence-electron chi connectivity index (χ0n) is 7.32. The summed E-state index contributed by atoms with van der Waals surface area (Å²) >= 11 is 0. The summed E-state index contributed by atoms with van der Waals surface area (Å²) < 4.78 is 5.03. The van der Waals surface area contributed by atoms with Gasteiger partial charge in [-0.3, -0.25) is 0 Å². The fraction of sp³-hybridized carbons (Fsp3) is 0.100. The van der Waals surface area contributed by atoms with Gasteiger partial charge in [0.2, 0.25) is 5.88 Å². The maximum atomic E-state index is 5.03. The molecule has 3 nitrogen and oxygen atoms in total. The third kappa shape index (κ3) is 1.54. The van der Waals surface area contributed by atoms with Gasteiger partial charge in [-0.25, -0.2) is 4.98 Å². The lowest BCUT2D eigenvalue weighted by molar-refractivity contribution is 0.398. The lowest BCUT2D eigenvalue weighted by atomic mass is 10.2. The van der Waals surface area contributed by atoms with Crippen molar-refractivity contribution >= 4 is 0 Å². The molecular formula is C10H10N2O. The van der Waals surface area contributed by atoms with E-state index in [0.717, 1.165) is 11.3 Å². The average molecular weight is 174 g/mol. The van der Waals surface area contributed by atoms with Crippen molar-refractivity contribution in [3.05, 3.63) is 36.7 Å². The van der Waals surface area contributed by atoms with Crippen molar-refractivity contribution in [3.63, 3.8) is 0 Å². The highest BCUT2D eigenvalue weighted by Gasteiger charge is 1.99. The van der Waals surface area contributed by atoms with Crippen LogP contribution in [0.5, 0.6) is 5.88 Å². The van der Waals surface area contributed by atoms with Crippen molar-refractivity contribution in [3.8, 4) is 17.1 Å².